The topological polar surface area (TPSA) is 41.5 Å². The predicted octanol–water partition coefficient (Wildman–Crippen LogP) is 2.55. The molecule has 0 spiro atoms. The second kappa shape index (κ2) is 5.70. The van der Waals surface area contributed by atoms with Gasteiger partial charge < -0.3 is 15.2 Å². The first-order chi connectivity index (χ1) is 8.61. The number of hydrogen-bond donors (Lipinski definition) is 2. The Labute approximate surface area is 113 Å². The molecule has 18 heavy (non-hydrogen) atoms. The quantitative estimate of drug-likeness (QED) is 0.863. The van der Waals surface area contributed by atoms with E-state index in [0.717, 1.165) is 32.4 Å². The molecule has 0 amide bonds. The number of aliphatic hydroxyl groups excluding tert-OH is 1. The minimum absolute atomic E-state index is 0.108. The second-order valence-electron chi connectivity index (χ2n) is 5.45. The van der Waals surface area contributed by atoms with Crippen LogP contribution in [0.3, 0.4) is 0 Å². The summed E-state index contributed by atoms with van der Waals surface area (Å²) in [5.41, 5.74) is -0.295. The Hall–Kier alpha value is -0.420. The molecule has 2 N–H and O–H groups in total. The third-order valence-electron chi connectivity index (χ3n) is 4.01. The number of aliphatic hydroxyl groups is 1. The summed E-state index contributed by atoms with van der Waals surface area (Å²) in [6, 6.07) is 4.19. The summed E-state index contributed by atoms with van der Waals surface area (Å²) in [6.07, 6.45) is 2.73. The highest BCUT2D eigenvalue weighted by molar-refractivity contribution is 7.09. The average molecular weight is 269 g/mol. The summed E-state index contributed by atoms with van der Waals surface area (Å²) >= 11 is 1.75. The number of nitrogens with one attached hydrogen (secondary N) is 1. The van der Waals surface area contributed by atoms with Crippen LogP contribution in [0.2, 0.25) is 0 Å². The van der Waals surface area contributed by atoms with Gasteiger partial charge in [-0.2, -0.15) is 0 Å². The molecule has 2 heterocycles. The highest BCUT2D eigenvalue weighted by Crippen LogP contribution is 2.34. The van der Waals surface area contributed by atoms with Gasteiger partial charge in [0.2, 0.25) is 0 Å². The van der Waals surface area contributed by atoms with Crippen LogP contribution >= 0.6 is 11.3 Å². The fourth-order valence-electron chi connectivity index (χ4n) is 2.60. The first kappa shape index (κ1) is 14.0. The Kier molecular flexibility index (Phi) is 4.43. The van der Waals surface area contributed by atoms with Gasteiger partial charge in [-0.15, -0.1) is 11.3 Å². The van der Waals surface area contributed by atoms with E-state index in [9.17, 15) is 5.11 Å². The number of ether oxygens (including phenoxy) is 1. The lowest BCUT2D eigenvalue weighted by Gasteiger charge is -2.45. The zero-order chi connectivity index (χ0) is 13.1. The molecule has 1 fully saturated rings. The fourth-order valence-corrected chi connectivity index (χ4v) is 3.25. The molecule has 0 bridgehead atoms. The normalized spacial score (nSPS) is 32.6. The van der Waals surface area contributed by atoms with E-state index in [1.165, 1.54) is 4.88 Å². The molecule has 102 valence electrons. The molecule has 1 aliphatic rings. The molecule has 3 nitrogen and oxygen atoms in total. The van der Waals surface area contributed by atoms with Crippen molar-refractivity contribution < 1.29 is 9.84 Å². The molecule has 0 radical (unpaired) electrons. The Balaban J connectivity index is 2.01. The Morgan fingerprint density at radius 2 is 2.39 bits per heavy atom. The Morgan fingerprint density at radius 3 is 3.00 bits per heavy atom. The number of rotatable bonds is 5. The average Bonchev–Trinajstić information content (AvgIpc) is 2.90. The van der Waals surface area contributed by atoms with E-state index in [1.807, 2.05) is 0 Å². The highest BCUT2D eigenvalue weighted by atomic mass is 32.1. The second-order valence-corrected chi connectivity index (χ2v) is 6.48. The lowest BCUT2D eigenvalue weighted by Crippen LogP contribution is -2.57. The van der Waals surface area contributed by atoms with E-state index < -0.39 is 0 Å². The molecule has 2 unspecified atom stereocenters. The molecular formula is C14H23NO2S. The summed E-state index contributed by atoms with van der Waals surface area (Å²) in [4.78, 5) is 1.31. The minimum atomic E-state index is -0.188. The lowest BCUT2D eigenvalue weighted by atomic mass is 9.79. The van der Waals surface area contributed by atoms with Crippen LogP contribution in [0, 0.1) is 0 Å². The highest BCUT2D eigenvalue weighted by Gasteiger charge is 2.41. The first-order valence-corrected chi connectivity index (χ1v) is 7.52. The molecule has 1 aromatic heterocycles. The third kappa shape index (κ3) is 3.12. The van der Waals surface area contributed by atoms with E-state index in [0.29, 0.717) is 0 Å². The van der Waals surface area contributed by atoms with Crippen LogP contribution in [0.4, 0.5) is 0 Å². The van der Waals surface area contributed by atoms with E-state index in [-0.39, 0.29) is 17.7 Å². The van der Waals surface area contributed by atoms with Crippen molar-refractivity contribution in [2.45, 2.75) is 50.8 Å². The smallest absolute Gasteiger partial charge is 0.0670 e. The molecule has 2 atom stereocenters. The summed E-state index contributed by atoms with van der Waals surface area (Å²) in [5, 5.41) is 15.4. The van der Waals surface area contributed by atoms with Crippen molar-refractivity contribution in [3.8, 4) is 0 Å². The van der Waals surface area contributed by atoms with Crippen molar-refractivity contribution in [3.63, 3.8) is 0 Å². The maximum Gasteiger partial charge on any atom is 0.0670 e. The van der Waals surface area contributed by atoms with Gasteiger partial charge in [-0.3, -0.25) is 0 Å². The first-order valence-electron chi connectivity index (χ1n) is 6.64. The van der Waals surface area contributed by atoms with Gasteiger partial charge in [0.1, 0.15) is 0 Å². The summed E-state index contributed by atoms with van der Waals surface area (Å²) in [7, 11) is 0. The van der Waals surface area contributed by atoms with Gasteiger partial charge in [0.05, 0.1) is 12.2 Å². The minimum Gasteiger partial charge on any atom is -0.394 e. The van der Waals surface area contributed by atoms with Crippen LogP contribution in [0.15, 0.2) is 17.5 Å². The molecule has 1 aliphatic heterocycles. The molecule has 2 rings (SSSR count). The maximum absolute atomic E-state index is 9.78. The van der Waals surface area contributed by atoms with E-state index in [1.54, 1.807) is 11.3 Å². The lowest BCUT2D eigenvalue weighted by molar-refractivity contribution is -0.111. The molecule has 1 aromatic rings. The van der Waals surface area contributed by atoms with Crippen LogP contribution in [-0.2, 0) is 11.3 Å². The van der Waals surface area contributed by atoms with E-state index in [2.05, 4.69) is 36.7 Å². The molecule has 0 saturated carbocycles. The Morgan fingerprint density at radius 1 is 1.56 bits per heavy atom. The third-order valence-corrected chi connectivity index (χ3v) is 4.89. The van der Waals surface area contributed by atoms with Crippen molar-refractivity contribution in [2.24, 2.45) is 0 Å². The zero-order valence-corrected chi connectivity index (χ0v) is 12.1. The molecule has 0 aliphatic carbocycles. The van der Waals surface area contributed by atoms with Gasteiger partial charge >= 0.3 is 0 Å². The van der Waals surface area contributed by atoms with Crippen molar-refractivity contribution >= 4 is 11.3 Å². The molecule has 4 heteroatoms. The van der Waals surface area contributed by atoms with Gasteiger partial charge in [-0.05, 0) is 37.6 Å². The molecule has 0 aromatic carbocycles. The monoisotopic (exact) mass is 269 g/mol. The van der Waals surface area contributed by atoms with Crippen LogP contribution in [-0.4, -0.2) is 29.5 Å². The van der Waals surface area contributed by atoms with Crippen LogP contribution in [0.5, 0.6) is 0 Å². The van der Waals surface area contributed by atoms with Crippen molar-refractivity contribution in [1.29, 1.82) is 0 Å². The van der Waals surface area contributed by atoms with Gasteiger partial charge in [0.15, 0.2) is 0 Å². The molecular weight excluding hydrogens is 246 g/mol. The van der Waals surface area contributed by atoms with E-state index in [4.69, 9.17) is 4.74 Å². The van der Waals surface area contributed by atoms with Gasteiger partial charge in [-0.1, -0.05) is 13.0 Å². The Bertz CT molecular complexity index is 368. The van der Waals surface area contributed by atoms with Crippen molar-refractivity contribution in [3.05, 3.63) is 22.4 Å². The van der Waals surface area contributed by atoms with Crippen LogP contribution in [0.1, 0.15) is 38.0 Å². The maximum atomic E-state index is 9.78. The predicted molar refractivity (Wildman–Crippen MR) is 74.9 cm³/mol. The van der Waals surface area contributed by atoms with Crippen LogP contribution in [0.25, 0.3) is 0 Å². The van der Waals surface area contributed by atoms with Gasteiger partial charge in [0, 0.05) is 23.6 Å². The van der Waals surface area contributed by atoms with E-state index >= 15 is 0 Å². The summed E-state index contributed by atoms with van der Waals surface area (Å²) in [5.74, 6) is 0. The van der Waals surface area contributed by atoms with Crippen molar-refractivity contribution in [1.82, 2.24) is 5.32 Å². The number of hydrogen-bond acceptors (Lipinski definition) is 4. The standard InChI is InChI=1S/C14H23NO2S/c1-3-13(2)10-14(11-16,6-7-17-13)15-9-12-5-4-8-18-12/h4-5,8,15-16H,3,6-7,9-11H2,1-2H3. The van der Waals surface area contributed by atoms with Crippen molar-refractivity contribution in [2.75, 3.05) is 13.2 Å². The largest absolute Gasteiger partial charge is 0.394 e. The molecule has 1 saturated heterocycles. The van der Waals surface area contributed by atoms with Gasteiger partial charge in [0.25, 0.3) is 0 Å². The SMILES string of the molecule is CCC1(C)CC(CO)(NCc2cccs2)CCO1. The fraction of sp³-hybridized carbons (Fsp3) is 0.714. The number of thiophene rings is 1. The summed E-state index contributed by atoms with van der Waals surface area (Å²) in [6.45, 7) is 6.02. The van der Waals surface area contributed by atoms with Crippen LogP contribution < -0.4 is 5.32 Å². The summed E-state index contributed by atoms with van der Waals surface area (Å²) < 4.78 is 5.86. The zero-order valence-electron chi connectivity index (χ0n) is 11.2. The van der Waals surface area contributed by atoms with Gasteiger partial charge in [-0.25, -0.2) is 0 Å².